The van der Waals surface area contributed by atoms with Gasteiger partial charge in [0.05, 0.1) is 6.04 Å². The van der Waals surface area contributed by atoms with Crippen molar-refractivity contribution < 1.29 is 36.7 Å². The highest BCUT2D eigenvalue weighted by molar-refractivity contribution is 7.80. The monoisotopic (exact) mass is 324 g/mol. The molecule has 0 aromatic rings. The maximum atomic E-state index is 12.0. The van der Waals surface area contributed by atoms with Crippen LogP contribution in [0.2, 0.25) is 0 Å². The predicted molar refractivity (Wildman–Crippen MR) is 62.7 cm³/mol. The number of hydrogen-bond acceptors (Lipinski definition) is 6. The lowest BCUT2D eigenvalue weighted by Gasteiger charge is -2.28. The summed E-state index contributed by atoms with van der Waals surface area (Å²) in [4.78, 5) is 35.1. The number of carboxylic acid groups (broad SMARTS) is 1. The quantitative estimate of drug-likeness (QED) is 0.352. The third-order valence-corrected chi connectivity index (χ3v) is 3.44. The summed E-state index contributed by atoms with van der Waals surface area (Å²) in [7, 11) is -4.85. The standard InChI is InChI=1S/C8H12N4O8S/c13-6(9-10-7(14)15)5-2-1-4-3-11(5)8(16)12(4)20-21(17,18)19/h4-5,10H,1-3H2,(H,9,13)(H,14,15)(H,17,18,19)/t4?,5-/m0/s1. The van der Waals surface area contributed by atoms with Crippen molar-refractivity contribution in [3.05, 3.63) is 0 Å². The summed E-state index contributed by atoms with van der Waals surface area (Å²) in [6.07, 6.45) is -1.03. The van der Waals surface area contributed by atoms with Crippen LogP contribution in [0.5, 0.6) is 0 Å². The SMILES string of the molecule is O=C(O)NNC(=O)[C@@H]1CCC2CN1C(=O)N2OS(=O)(=O)O. The van der Waals surface area contributed by atoms with Gasteiger partial charge in [-0.25, -0.2) is 15.0 Å². The Hall–Kier alpha value is -2.12. The molecule has 0 aromatic heterocycles. The number of carbonyl (C=O) groups excluding carboxylic acids is 2. The van der Waals surface area contributed by atoms with Gasteiger partial charge < -0.3 is 10.0 Å². The molecule has 2 atom stereocenters. The fourth-order valence-electron chi connectivity index (χ4n) is 2.30. The Balaban J connectivity index is 2.06. The summed E-state index contributed by atoms with van der Waals surface area (Å²) in [6.45, 7) is 0.0273. The fourth-order valence-corrected chi connectivity index (χ4v) is 2.69. The lowest BCUT2D eigenvalue weighted by molar-refractivity contribution is -0.126. The van der Waals surface area contributed by atoms with Gasteiger partial charge >= 0.3 is 22.5 Å². The summed E-state index contributed by atoms with van der Waals surface area (Å²) in [5.41, 5.74) is 3.57. The van der Waals surface area contributed by atoms with Crippen LogP contribution in [0.1, 0.15) is 12.8 Å². The van der Waals surface area contributed by atoms with Gasteiger partial charge in [-0.15, -0.1) is 4.28 Å². The summed E-state index contributed by atoms with van der Waals surface area (Å²) >= 11 is 0. The van der Waals surface area contributed by atoms with Gasteiger partial charge in [0.15, 0.2) is 0 Å². The average Bonchev–Trinajstić information content (AvgIpc) is 2.60. The number of fused-ring (bicyclic) bond motifs is 2. The van der Waals surface area contributed by atoms with E-state index < -0.39 is 40.5 Å². The van der Waals surface area contributed by atoms with E-state index in [4.69, 9.17) is 9.66 Å². The van der Waals surface area contributed by atoms with E-state index in [1.165, 1.54) is 0 Å². The molecule has 4 N–H and O–H groups in total. The van der Waals surface area contributed by atoms with Crippen LogP contribution in [-0.2, 0) is 19.5 Å². The molecule has 0 aliphatic carbocycles. The minimum Gasteiger partial charge on any atom is -0.464 e. The van der Waals surface area contributed by atoms with E-state index in [-0.39, 0.29) is 19.4 Å². The highest BCUT2D eigenvalue weighted by Gasteiger charge is 2.49. The summed E-state index contributed by atoms with van der Waals surface area (Å²) in [6, 6.07) is -2.47. The van der Waals surface area contributed by atoms with E-state index in [1.807, 2.05) is 5.43 Å². The smallest absolute Gasteiger partial charge is 0.423 e. The number of carbonyl (C=O) groups is 3. The van der Waals surface area contributed by atoms with E-state index in [9.17, 15) is 22.8 Å². The fraction of sp³-hybridized carbons (Fsp3) is 0.625. The second kappa shape index (κ2) is 5.34. The zero-order valence-electron chi connectivity index (χ0n) is 10.4. The first-order chi connectivity index (χ1) is 9.69. The molecule has 2 rings (SSSR count). The number of nitrogens with zero attached hydrogens (tertiary/aromatic N) is 2. The minimum atomic E-state index is -4.85. The maximum Gasteiger partial charge on any atom is 0.423 e. The Morgan fingerprint density at radius 2 is 1.95 bits per heavy atom. The van der Waals surface area contributed by atoms with Crippen LogP contribution in [0.4, 0.5) is 9.59 Å². The average molecular weight is 324 g/mol. The van der Waals surface area contributed by atoms with Crippen molar-refractivity contribution in [1.29, 1.82) is 0 Å². The van der Waals surface area contributed by atoms with Gasteiger partial charge in [0.25, 0.3) is 5.91 Å². The molecule has 2 fully saturated rings. The van der Waals surface area contributed by atoms with E-state index in [1.54, 1.807) is 5.43 Å². The molecule has 1 unspecified atom stereocenters. The van der Waals surface area contributed by atoms with Crippen LogP contribution in [-0.4, -0.2) is 64.7 Å². The molecule has 2 aliphatic heterocycles. The first-order valence-corrected chi connectivity index (χ1v) is 7.11. The van der Waals surface area contributed by atoms with Crippen LogP contribution < -0.4 is 10.9 Å². The van der Waals surface area contributed by atoms with Gasteiger partial charge in [-0.2, -0.15) is 13.5 Å². The summed E-state index contributed by atoms with van der Waals surface area (Å²) < 4.78 is 34.2. The van der Waals surface area contributed by atoms with Crippen molar-refractivity contribution >= 4 is 28.4 Å². The lowest BCUT2D eigenvalue weighted by atomic mass is 10.0. The van der Waals surface area contributed by atoms with Crippen molar-refractivity contribution in [2.75, 3.05) is 6.54 Å². The summed E-state index contributed by atoms with van der Waals surface area (Å²) in [5.74, 6) is -0.752. The van der Waals surface area contributed by atoms with Crippen LogP contribution in [0, 0.1) is 0 Å². The molecule has 2 heterocycles. The van der Waals surface area contributed by atoms with Crippen molar-refractivity contribution in [2.45, 2.75) is 24.9 Å². The molecule has 2 saturated heterocycles. The zero-order valence-corrected chi connectivity index (χ0v) is 11.2. The molecule has 4 amide bonds. The second-order valence-corrected chi connectivity index (χ2v) is 5.43. The maximum absolute atomic E-state index is 12.0. The lowest BCUT2D eigenvalue weighted by Crippen LogP contribution is -2.53. The third-order valence-electron chi connectivity index (χ3n) is 3.09. The Morgan fingerprint density at radius 3 is 2.52 bits per heavy atom. The largest absolute Gasteiger partial charge is 0.464 e. The zero-order chi connectivity index (χ0) is 15.8. The van der Waals surface area contributed by atoms with E-state index >= 15 is 0 Å². The molecule has 0 saturated carbocycles. The number of rotatable bonds is 3. The molecule has 0 aromatic carbocycles. The Labute approximate surface area is 118 Å². The molecule has 21 heavy (non-hydrogen) atoms. The highest BCUT2D eigenvalue weighted by atomic mass is 32.3. The Morgan fingerprint density at radius 1 is 1.29 bits per heavy atom. The van der Waals surface area contributed by atoms with Crippen molar-refractivity contribution in [3.63, 3.8) is 0 Å². The third kappa shape index (κ3) is 3.32. The molecule has 2 bridgehead atoms. The molecule has 0 spiro atoms. The van der Waals surface area contributed by atoms with Crippen molar-refractivity contribution in [3.8, 4) is 0 Å². The van der Waals surface area contributed by atoms with Crippen molar-refractivity contribution in [1.82, 2.24) is 20.8 Å². The van der Waals surface area contributed by atoms with Crippen LogP contribution in [0.3, 0.4) is 0 Å². The van der Waals surface area contributed by atoms with E-state index in [0.29, 0.717) is 5.06 Å². The Bertz CT molecular complexity index is 577. The molecular formula is C8H12N4O8S. The van der Waals surface area contributed by atoms with Crippen LogP contribution in [0.25, 0.3) is 0 Å². The van der Waals surface area contributed by atoms with Gasteiger partial charge in [0.2, 0.25) is 0 Å². The van der Waals surface area contributed by atoms with Crippen molar-refractivity contribution in [2.24, 2.45) is 0 Å². The summed E-state index contributed by atoms with van der Waals surface area (Å²) in [5, 5.41) is 8.88. The normalized spacial score (nSPS) is 24.9. The molecule has 118 valence electrons. The Kier molecular flexibility index (Phi) is 3.89. The minimum absolute atomic E-state index is 0.0273. The molecule has 2 aliphatic rings. The highest BCUT2D eigenvalue weighted by Crippen LogP contribution is 2.30. The number of hydrazine groups is 1. The number of amides is 4. The van der Waals surface area contributed by atoms with Gasteiger partial charge in [-0.1, -0.05) is 0 Å². The first-order valence-electron chi connectivity index (χ1n) is 5.74. The van der Waals surface area contributed by atoms with Crippen LogP contribution >= 0.6 is 0 Å². The van der Waals surface area contributed by atoms with Gasteiger partial charge in [0, 0.05) is 6.54 Å². The second-order valence-electron chi connectivity index (χ2n) is 4.43. The van der Waals surface area contributed by atoms with E-state index in [0.717, 1.165) is 4.90 Å². The first kappa shape index (κ1) is 15.3. The molecule has 13 heteroatoms. The van der Waals surface area contributed by atoms with Crippen LogP contribution in [0.15, 0.2) is 0 Å². The molecule has 0 radical (unpaired) electrons. The van der Waals surface area contributed by atoms with Gasteiger partial charge in [0.1, 0.15) is 6.04 Å². The number of nitrogens with one attached hydrogen (secondary N) is 2. The number of hydroxylamine groups is 2. The van der Waals surface area contributed by atoms with E-state index in [2.05, 4.69) is 4.28 Å². The number of hydrogen-bond donors (Lipinski definition) is 4. The topological polar surface area (TPSA) is 166 Å². The molecule has 12 nitrogen and oxygen atoms in total. The number of urea groups is 1. The van der Waals surface area contributed by atoms with Gasteiger partial charge in [-0.3, -0.25) is 14.8 Å². The molecular weight excluding hydrogens is 312 g/mol. The predicted octanol–water partition coefficient (Wildman–Crippen LogP) is -1.71. The van der Waals surface area contributed by atoms with Gasteiger partial charge in [-0.05, 0) is 12.8 Å². The number of piperidine rings is 1.